The second kappa shape index (κ2) is 9.22. The lowest BCUT2D eigenvalue weighted by atomic mass is 9.96. The summed E-state index contributed by atoms with van der Waals surface area (Å²) >= 11 is 0. The predicted octanol–water partition coefficient (Wildman–Crippen LogP) is 4.46. The molecule has 1 atom stereocenters. The highest BCUT2D eigenvalue weighted by Gasteiger charge is 2.27. The average Bonchev–Trinajstić information content (AvgIpc) is 3.24. The minimum absolute atomic E-state index is 0.0421. The quantitative estimate of drug-likeness (QED) is 0.657. The number of anilines is 1. The van der Waals surface area contributed by atoms with Crippen molar-refractivity contribution >= 4 is 11.6 Å². The van der Waals surface area contributed by atoms with Crippen molar-refractivity contribution in [1.29, 1.82) is 0 Å². The Bertz CT molecular complexity index is 999. The first kappa shape index (κ1) is 20.3. The molecular formula is C24H28N4O2. The zero-order valence-electron chi connectivity index (χ0n) is 17.6. The van der Waals surface area contributed by atoms with E-state index in [1.165, 1.54) is 5.56 Å². The van der Waals surface area contributed by atoms with E-state index >= 15 is 0 Å². The van der Waals surface area contributed by atoms with Gasteiger partial charge in [-0.1, -0.05) is 60.6 Å². The number of carbonyl (C=O) groups is 1. The van der Waals surface area contributed by atoms with Crippen LogP contribution < -0.4 is 5.32 Å². The summed E-state index contributed by atoms with van der Waals surface area (Å²) in [5.41, 5.74) is 4.19. The van der Waals surface area contributed by atoms with E-state index in [1.807, 2.05) is 49.4 Å². The molecular weight excluding hydrogens is 376 g/mol. The molecule has 0 bridgehead atoms. The minimum Gasteiger partial charge on any atom is -0.338 e. The largest absolute Gasteiger partial charge is 0.338 e. The van der Waals surface area contributed by atoms with Crippen LogP contribution in [-0.4, -0.2) is 34.0 Å². The molecule has 1 unspecified atom stereocenters. The molecule has 1 aliphatic heterocycles. The number of para-hydroxylation sites is 1. The zero-order valence-corrected chi connectivity index (χ0v) is 17.6. The van der Waals surface area contributed by atoms with Crippen LogP contribution in [0.4, 0.5) is 5.69 Å². The number of carbonyl (C=O) groups excluding carboxylic acids is 1. The van der Waals surface area contributed by atoms with Crippen LogP contribution in [0.25, 0.3) is 11.4 Å². The zero-order chi connectivity index (χ0) is 20.9. The van der Waals surface area contributed by atoms with Crippen molar-refractivity contribution in [3.63, 3.8) is 0 Å². The van der Waals surface area contributed by atoms with Crippen molar-refractivity contribution in [2.45, 2.75) is 39.7 Å². The molecule has 1 saturated heterocycles. The molecule has 6 nitrogen and oxygen atoms in total. The lowest BCUT2D eigenvalue weighted by Gasteiger charge is -2.31. The van der Waals surface area contributed by atoms with Gasteiger partial charge in [0.05, 0.1) is 12.5 Å². The molecule has 2 heterocycles. The van der Waals surface area contributed by atoms with Crippen molar-refractivity contribution in [2.75, 3.05) is 18.4 Å². The van der Waals surface area contributed by atoms with E-state index < -0.39 is 0 Å². The Morgan fingerprint density at radius 3 is 2.83 bits per heavy atom. The topological polar surface area (TPSA) is 71.3 Å². The van der Waals surface area contributed by atoms with E-state index in [1.54, 1.807) is 0 Å². The van der Waals surface area contributed by atoms with Crippen molar-refractivity contribution < 1.29 is 9.32 Å². The van der Waals surface area contributed by atoms with Crippen LogP contribution in [0.3, 0.4) is 0 Å². The smallest absolute Gasteiger partial charge is 0.241 e. The van der Waals surface area contributed by atoms with Gasteiger partial charge >= 0.3 is 0 Å². The van der Waals surface area contributed by atoms with Crippen LogP contribution in [-0.2, 0) is 17.8 Å². The van der Waals surface area contributed by atoms with Crippen LogP contribution in [0.15, 0.2) is 53.1 Å². The third-order valence-electron chi connectivity index (χ3n) is 5.72. The minimum atomic E-state index is -0.0421. The maximum absolute atomic E-state index is 13.0. The summed E-state index contributed by atoms with van der Waals surface area (Å²) in [6.07, 6.45) is 2.77. The molecule has 1 N–H and O–H groups in total. The molecule has 1 fully saturated rings. The Balaban J connectivity index is 1.39. The van der Waals surface area contributed by atoms with E-state index in [0.717, 1.165) is 42.6 Å². The van der Waals surface area contributed by atoms with Crippen LogP contribution in [0.5, 0.6) is 0 Å². The van der Waals surface area contributed by atoms with E-state index in [2.05, 4.69) is 33.3 Å². The Morgan fingerprint density at radius 1 is 1.20 bits per heavy atom. The molecule has 156 valence electrons. The average molecular weight is 405 g/mol. The van der Waals surface area contributed by atoms with Gasteiger partial charge in [-0.05, 0) is 43.9 Å². The number of nitrogens with zero attached hydrogens (tertiary/aromatic N) is 3. The maximum Gasteiger partial charge on any atom is 0.241 e. The van der Waals surface area contributed by atoms with Gasteiger partial charge in [0.1, 0.15) is 0 Å². The fourth-order valence-corrected chi connectivity index (χ4v) is 4.06. The van der Waals surface area contributed by atoms with E-state index in [9.17, 15) is 4.79 Å². The second-order valence-electron chi connectivity index (χ2n) is 7.90. The summed E-state index contributed by atoms with van der Waals surface area (Å²) in [5.74, 6) is 1.24. The Labute approximate surface area is 177 Å². The summed E-state index contributed by atoms with van der Waals surface area (Å²) in [4.78, 5) is 19.7. The fourth-order valence-electron chi connectivity index (χ4n) is 4.06. The van der Waals surface area contributed by atoms with Gasteiger partial charge in [0, 0.05) is 17.8 Å². The van der Waals surface area contributed by atoms with Gasteiger partial charge in [0.2, 0.25) is 17.6 Å². The molecule has 6 heteroatoms. The number of aromatic nitrogens is 2. The second-order valence-corrected chi connectivity index (χ2v) is 7.90. The fraction of sp³-hybridized carbons (Fsp3) is 0.375. The molecule has 2 aromatic carbocycles. The third kappa shape index (κ3) is 4.60. The molecule has 1 aromatic heterocycles. The summed E-state index contributed by atoms with van der Waals surface area (Å²) < 4.78 is 5.46. The highest BCUT2D eigenvalue weighted by Crippen LogP contribution is 2.25. The lowest BCUT2D eigenvalue weighted by molar-refractivity contribution is -0.121. The highest BCUT2D eigenvalue weighted by atomic mass is 16.5. The molecule has 0 saturated carbocycles. The van der Waals surface area contributed by atoms with E-state index in [-0.39, 0.29) is 11.8 Å². The Kier molecular flexibility index (Phi) is 6.23. The summed E-state index contributed by atoms with van der Waals surface area (Å²) in [6, 6.07) is 16.0. The highest BCUT2D eigenvalue weighted by molar-refractivity contribution is 5.94. The number of aryl methyl sites for hydroxylation is 2. The maximum atomic E-state index is 13.0. The van der Waals surface area contributed by atoms with E-state index in [4.69, 9.17) is 4.52 Å². The third-order valence-corrected chi connectivity index (χ3v) is 5.72. The predicted molar refractivity (Wildman–Crippen MR) is 117 cm³/mol. The van der Waals surface area contributed by atoms with Crippen molar-refractivity contribution in [3.05, 3.63) is 65.5 Å². The Hall–Kier alpha value is -2.99. The number of piperidine rings is 1. The molecule has 30 heavy (non-hydrogen) atoms. The first-order valence-electron chi connectivity index (χ1n) is 10.6. The van der Waals surface area contributed by atoms with Gasteiger partial charge in [0.15, 0.2) is 0 Å². The van der Waals surface area contributed by atoms with Gasteiger partial charge in [-0.25, -0.2) is 0 Å². The van der Waals surface area contributed by atoms with Crippen LogP contribution in [0.2, 0.25) is 0 Å². The number of likely N-dealkylation sites (tertiary alicyclic amines) is 1. The summed E-state index contributed by atoms with van der Waals surface area (Å²) in [7, 11) is 0. The first-order chi connectivity index (χ1) is 14.6. The summed E-state index contributed by atoms with van der Waals surface area (Å²) in [5, 5.41) is 7.29. The molecule has 1 amide bonds. The molecule has 0 spiro atoms. The molecule has 0 aliphatic carbocycles. The number of hydrogen-bond acceptors (Lipinski definition) is 5. The number of rotatable bonds is 6. The standard InChI is InChI=1S/C24H28N4O2/c1-3-18-12-7-9-17(2)22(18)26-24(29)20-13-8-14-28(15-20)16-21-25-23(27-30-21)19-10-5-4-6-11-19/h4-7,9-12,20H,3,8,13-16H2,1-2H3,(H,26,29). The van der Waals surface area contributed by atoms with Crippen molar-refractivity contribution in [3.8, 4) is 11.4 Å². The van der Waals surface area contributed by atoms with Gasteiger partial charge in [-0.3, -0.25) is 9.69 Å². The van der Waals surface area contributed by atoms with Gasteiger partial charge < -0.3 is 9.84 Å². The first-order valence-corrected chi connectivity index (χ1v) is 10.6. The van der Waals surface area contributed by atoms with Crippen molar-refractivity contribution in [2.24, 2.45) is 5.92 Å². The van der Waals surface area contributed by atoms with Gasteiger partial charge in [0.25, 0.3) is 0 Å². The summed E-state index contributed by atoms with van der Waals surface area (Å²) in [6.45, 7) is 6.34. The number of hydrogen-bond donors (Lipinski definition) is 1. The number of benzene rings is 2. The SMILES string of the molecule is CCc1cccc(C)c1NC(=O)C1CCCN(Cc2nc(-c3ccccc3)no2)C1. The van der Waals surface area contributed by atoms with Crippen molar-refractivity contribution in [1.82, 2.24) is 15.0 Å². The number of nitrogens with one attached hydrogen (secondary N) is 1. The molecule has 0 radical (unpaired) electrons. The van der Waals surface area contributed by atoms with E-state index in [0.29, 0.717) is 24.8 Å². The molecule has 1 aliphatic rings. The van der Waals surface area contributed by atoms with Crippen LogP contribution >= 0.6 is 0 Å². The lowest BCUT2D eigenvalue weighted by Crippen LogP contribution is -2.40. The monoisotopic (exact) mass is 404 g/mol. The van der Waals surface area contributed by atoms with Crippen LogP contribution in [0, 0.1) is 12.8 Å². The molecule has 3 aromatic rings. The van der Waals surface area contributed by atoms with Gasteiger partial charge in [-0.15, -0.1) is 0 Å². The molecule has 4 rings (SSSR count). The van der Waals surface area contributed by atoms with Crippen LogP contribution in [0.1, 0.15) is 36.8 Å². The normalized spacial score (nSPS) is 17.1. The Morgan fingerprint density at radius 2 is 2.03 bits per heavy atom. The van der Waals surface area contributed by atoms with Gasteiger partial charge in [-0.2, -0.15) is 4.98 Å². The number of amides is 1.